The molecule has 0 bridgehead atoms. The van der Waals surface area contributed by atoms with Gasteiger partial charge in [0.05, 0.1) is 12.3 Å². The predicted octanol–water partition coefficient (Wildman–Crippen LogP) is 1.83. The lowest BCUT2D eigenvalue weighted by Crippen LogP contribution is -2.11. The Balaban J connectivity index is 2.13. The molecule has 0 aliphatic heterocycles. The number of aliphatic hydroxyl groups is 1. The zero-order valence-electron chi connectivity index (χ0n) is 12.6. The fourth-order valence-electron chi connectivity index (χ4n) is 2.45. The number of carbonyl (C=O) groups is 1. The van der Waals surface area contributed by atoms with Crippen LogP contribution in [-0.2, 0) is 6.61 Å². The number of hydrogen-bond donors (Lipinski definition) is 2. The highest BCUT2D eigenvalue weighted by atomic mass is 16.3. The number of benzene rings is 2. The molecule has 23 heavy (non-hydrogen) atoms. The van der Waals surface area contributed by atoms with E-state index >= 15 is 0 Å². The number of aliphatic hydroxyl groups excluding tert-OH is 1. The number of rotatable bonds is 4. The summed E-state index contributed by atoms with van der Waals surface area (Å²) in [6.45, 7) is 1.79. The van der Waals surface area contributed by atoms with Crippen molar-refractivity contribution >= 4 is 5.91 Å². The summed E-state index contributed by atoms with van der Waals surface area (Å²) in [5.41, 5.74) is 9.65. The second kappa shape index (κ2) is 6.02. The molecule has 0 saturated carbocycles. The molecule has 0 saturated heterocycles. The molecule has 3 rings (SSSR count). The highest BCUT2D eigenvalue weighted by molar-refractivity contribution is 5.92. The van der Waals surface area contributed by atoms with Gasteiger partial charge in [0.1, 0.15) is 11.4 Å². The van der Waals surface area contributed by atoms with Crippen LogP contribution in [0.15, 0.2) is 48.5 Å². The Morgan fingerprint density at radius 2 is 1.96 bits per heavy atom. The molecule has 0 radical (unpaired) electrons. The first-order valence-electron chi connectivity index (χ1n) is 7.13. The van der Waals surface area contributed by atoms with Crippen molar-refractivity contribution in [1.82, 2.24) is 15.0 Å². The number of nitrogens with zero attached hydrogens (tertiary/aromatic N) is 3. The van der Waals surface area contributed by atoms with Gasteiger partial charge in [-0.25, -0.2) is 4.68 Å². The molecule has 116 valence electrons. The Bertz CT molecular complexity index is 853. The van der Waals surface area contributed by atoms with Crippen LogP contribution in [0.25, 0.3) is 16.9 Å². The largest absolute Gasteiger partial charge is 0.390 e. The number of aromatic nitrogens is 3. The van der Waals surface area contributed by atoms with Gasteiger partial charge in [0.25, 0.3) is 0 Å². The maximum Gasteiger partial charge on any atom is 0.248 e. The van der Waals surface area contributed by atoms with Crippen molar-refractivity contribution in [3.63, 3.8) is 0 Å². The molecule has 0 fully saturated rings. The summed E-state index contributed by atoms with van der Waals surface area (Å²) in [5.74, 6) is -0.481. The first-order valence-corrected chi connectivity index (χ1v) is 7.13. The maximum atomic E-state index is 11.2. The van der Waals surface area contributed by atoms with Crippen molar-refractivity contribution in [2.45, 2.75) is 13.5 Å². The summed E-state index contributed by atoms with van der Waals surface area (Å²) in [4.78, 5) is 11.2. The Kier molecular flexibility index (Phi) is 3.91. The van der Waals surface area contributed by atoms with Gasteiger partial charge in [0, 0.05) is 11.1 Å². The van der Waals surface area contributed by atoms with Crippen molar-refractivity contribution in [1.29, 1.82) is 0 Å². The molecule has 0 aliphatic carbocycles. The van der Waals surface area contributed by atoms with E-state index in [1.807, 2.05) is 31.2 Å². The summed E-state index contributed by atoms with van der Waals surface area (Å²) in [6, 6.07) is 14.7. The SMILES string of the molecule is Cc1cccc(-c2c(CO)nnn2-c2ccc(C(N)=O)cc2)c1. The second-order valence-corrected chi connectivity index (χ2v) is 5.24. The van der Waals surface area contributed by atoms with Gasteiger partial charge in [-0.05, 0) is 37.3 Å². The minimum absolute atomic E-state index is 0.206. The van der Waals surface area contributed by atoms with Gasteiger partial charge in [-0.2, -0.15) is 0 Å². The van der Waals surface area contributed by atoms with E-state index < -0.39 is 5.91 Å². The molecule has 6 nitrogen and oxygen atoms in total. The number of primary amides is 1. The Hall–Kier alpha value is -2.99. The third kappa shape index (κ3) is 2.84. The first-order chi connectivity index (χ1) is 11.1. The summed E-state index contributed by atoms with van der Waals surface area (Å²) in [5, 5.41) is 17.7. The van der Waals surface area contributed by atoms with Gasteiger partial charge >= 0.3 is 0 Å². The molecular formula is C17H16N4O2. The Morgan fingerprint density at radius 3 is 2.57 bits per heavy atom. The summed E-state index contributed by atoms with van der Waals surface area (Å²) < 4.78 is 1.64. The van der Waals surface area contributed by atoms with Crippen molar-refractivity contribution in [2.24, 2.45) is 5.73 Å². The average molecular weight is 308 g/mol. The monoisotopic (exact) mass is 308 g/mol. The van der Waals surface area contributed by atoms with Crippen molar-refractivity contribution in [3.8, 4) is 16.9 Å². The quantitative estimate of drug-likeness (QED) is 0.769. The highest BCUT2D eigenvalue weighted by Crippen LogP contribution is 2.26. The molecule has 1 aromatic heterocycles. The molecule has 0 aliphatic rings. The smallest absolute Gasteiger partial charge is 0.248 e. The van der Waals surface area contributed by atoms with E-state index in [9.17, 15) is 9.90 Å². The van der Waals surface area contributed by atoms with Gasteiger partial charge in [-0.1, -0.05) is 29.0 Å². The van der Waals surface area contributed by atoms with Crippen LogP contribution in [0.2, 0.25) is 0 Å². The molecular weight excluding hydrogens is 292 g/mol. The minimum atomic E-state index is -0.481. The summed E-state index contributed by atoms with van der Waals surface area (Å²) in [7, 11) is 0. The second-order valence-electron chi connectivity index (χ2n) is 5.24. The molecule has 1 heterocycles. The predicted molar refractivity (Wildman–Crippen MR) is 86.0 cm³/mol. The van der Waals surface area contributed by atoms with E-state index in [2.05, 4.69) is 10.3 Å². The lowest BCUT2D eigenvalue weighted by Gasteiger charge is -2.09. The lowest BCUT2D eigenvalue weighted by molar-refractivity contribution is 0.100. The van der Waals surface area contributed by atoms with Gasteiger partial charge < -0.3 is 10.8 Å². The average Bonchev–Trinajstić information content (AvgIpc) is 2.99. The Labute approximate surface area is 133 Å². The van der Waals surface area contributed by atoms with Crippen molar-refractivity contribution < 1.29 is 9.90 Å². The number of aryl methyl sites for hydroxylation is 1. The molecule has 0 atom stereocenters. The summed E-state index contributed by atoms with van der Waals surface area (Å²) >= 11 is 0. The van der Waals surface area contributed by atoms with Crippen LogP contribution in [0.3, 0.4) is 0 Å². The lowest BCUT2D eigenvalue weighted by atomic mass is 10.1. The van der Waals surface area contributed by atoms with Crippen molar-refractivity contribution in [2.75, 3.05) is 0 Å². The molecule has 2 aromatic carbocycles. The van der Waals surface area contributed by atoms with Gasteiger partial charge in [-0.15, -0.1) is 5.10 Å². The van der Waals surface area contributed by atoms with Crippen LogP contribution in [0.1, 0.15) is 21.6 Å². The van der Waals surface area contributed by atoms with Gasteiger partial charge in [0.2, 0.25) is 5.91 Å². The van der Waals surface area contributed by atoms with E-state index in [4.69, 9.17) is 5.73 Å². The van der Waals surface area contributed by atoms with E-state index in [1.54, 1.807) is 28.9 Å². The zero-order valence-corrected chi connectivity index (χ0v) is 12.6. The van der Waals surface area contributed by atoms with Crippen LogP contribution >= 0.6 is 0 Å². The molecule has 3 aromatic rings. The molecule has 0 spiro atoms. The minimum Gasteiger partial charge on any atom is -0.390 e. The zero-order chi connectivity index (χ0) is 16.4. The van der Waals surface area contributed by atoms with Crippen LogP contribution in [0, 0.1) is 6.92 Å². The highest BCUT2D eigenvalue weighted by Gasteiger charge is 2.16. The molecule has 1 amide bonds. The fraction of sp³-hybridized carbons (Fsp3) is 0.118. The van der Waals surface area contributed by atoms with E-state index in [-0.39, 0.29) is 6.61 Å². The standard InChI is InChI=1S/C17H16N4O2/c1-11-3-2-4-13(9-11)16-15(10-22)19-20-21(16)14-7-5-12(6-8-14)17(18)23/h2-9,22H,10H2,1H3,(H2,18,23). The van der Waals surface area contributed by atoms with Crippen LogP contribution < -0.4 is 5.73 Å². The van der Waals surface area contributed by atoms with Crippen LogP contribution in [0.4, 0.5) is 0 Å². The first kappa shape index (κ1) is 14.9. The third-order valence-corrected chi connectivity index (χ3v) is 3.58. The van der Waals surface area contributed by atoms with Gasteiger partial charge in [0.15, 0.2) is 0 Å². The third-order valence-electron chi connectivity index (χ3n) is 3.58. The van der Waals surface area contributed by atoms with E-state index in [0.29, 0.717) is 11.3 Å². The maximum absolute atomic E-state index is 11.2. The van der Waals surface area contributed by atoms with Gasteiger partial charge in [-0.3, -0.25) is 4.79 Å². The van der Waals surface area contributed by atoms with E-state index in [1.165, 1.54) is 0 Å². The van der Waals surface area contributed by atoms with Crippen molar-refractivity contribution in [3.05, 3.63) is 65.4 Å². The number of amides is 1. The number of nitrogens with two attached hydrogens (primary N) is 1. The molecule has 0 unspecified atom stereocenters. The molecule has 3 N–H and O–H groups in total. The molecule has 6 heteroatoms. The number of hydrogen-bond acceptors (Lipinski definition) is 4. The van der Waals surface area contributed by atoms with Crippen LogP contribution in [-0.4, -0.2) is 26.0 Å². The van der Waals surface area contributed by atoms with Crippen LogP contribution in [0.5, 0.6) is 0 Å². The topological polar surface area (TPSA) is 94.0 Å². The Morgan fingerprint density at radius 1 is 1.22 bits per heavy atom. The fourth-order valence-corrected chi connectivity index (χ4v) is 2.45. The van der Waals surface area contributed by atoms with E-state index in [0.717, 1.165) is 22.5 Å². The normalized spacial score (nSPS) is 10.7. The number of carbonyl (C=O) groups excluding carboxylic acids is 1. The summed E-state index contributed by atoms with van der Waals surface area (Å²) in [6.07, 6.45) is 0.